The molecule has 102 valence electrons. The van der Waals surface area contributed by atoms with E-state index in [0.29, 0.717) is 0 Å². The number of ether oxygens (including phenoxy) is 1. The summed E-state index contributed by atoms with van der Waals surface area (Å²) in [5.41, 5.74) is 7.93. The lowest BCUT2D eigenvalue weighted by Gasteiger charge is -2.13. The van der Waals surface area contributed by atoms with E-state index in [0.717, 1.165) is 11.1 Å². The maximum Gasteiger partial charge on any atom is 0.389 e. The van der Waals surface area contributed by atoms with Crippen LogP contribution in [0, 0.1) is 6.92 Å². The molecule has 0 saturated heterocycles. The second kappa shape index (κ2) is 6.75. The first-order valence-electron chi connectivity index (χ1n) is 5.85. The molecule has 1 aromatic rings. The fourth-order valence-electron chi connectivity index (χ4n) is 1.49. The van der Waals surface area contributed by atoms with Gasteiger partial charge in [0.15, 0.2) is 0 Å². The maximum atomic E-state index is 11.9. The first-order valence-corrected chi connectivity index (χ1v) is 5.85. The molecule has 1 atom stereocenters. The summed E-state index contributed by atoms with van der Waals surface area (Å²) in [6.45, 7) is 2.29. The van der Waals surface area contributed by atoms with Crippen molar-refractivity contribution in [1.29, 1.82) is 0 Å². The number of rotatable bonds is 6. The molecule has 0 aliphatic rings. The SMILES string of the molecule is Cc1ccc(C(N)COCCCC(F)(F)F)cc1. The number of aryl methyl sites for hydroxylation is 1. The fraction of sp³-hybridized carbons (Fsp3) is 0.538. The summed E-state index contributed by atoms with van der Waals surface area (Å²) in [6, 6.07) is 7.40. The zero-order chi connectivity index (χ0) is 13.6. The molecule has 0 bridgehead atoms. The van der Waals surface area contributed by atoms with Gasteiger partial charge in [-0.3, -0.25) is 0 Å². The van der Waals surface area contributed by atoms with Crippen LogP contribution in [-0.2, 0) is 4.74 Å². The Hall–Kier alpha value is -1.07. The lowest BCUT2D eigenvalue weighted by atomic mass is 10.1. The molecule has 1 aromatic carbocycles. The lowest BCUT2D eigenvalue weighted by Crippen LogP contribution is -2.18. The van der Waals surface area contributed by atoms with E-state index in [9.17, 15) is 13.2 Å². The van der Waals surface area contributed by atoms with Crippen LogP contribution in [0.1, 0.15) is 30.0 Å². The highest BCUT2D eigenvalue weighted by Gasteiger charge is 2.25. The monoisotopic (exact) mass is 261 g/mol. The standard InChI is InChI=1S/C13H18F3NO/c1-10-3-5-11(6-4-10)12(17)9-18-8-2-7-13(14,15)16/h3-6,12H,2,7-9,17H2,1H3. The van der Waals surface area contributed by atoms with E-state index in [1.165, 1.54) is 0 Å². The third-order valence-electron chi connectivity index (χ3n) is 2.55. The Kier molecular flexibility index (Phi) is 5.62. The molecule has 0 heterocycles. The average molecular weight is 261 g/mol. The van der Waals surface area contributed by atoms with Gasteiger partial charge < -0.3 is 10.5 Å². The summed E-state index contributed by atoms with van der Waals surface area (Å²) in [7, 11) is 0. The van der Waals surface area contributed by atoms with Crippen LogP contribution in [0.4, 0.5) is 13.2 Å². The minimum Gasteiger partial charge on any atom is -0.379 e. The topological polar surface area (TPSA) is 35.2 Å². The Bertz CT molecular complexity index is 348. The summed E-state index contributed by atoms with van der Waals surface area (Å²) in [4.78, 5) is 0. The molecule has 18 heavy (non-hydrogen) atoms. The summed E-state index contributed by atoms with van der Waals surface area (Å²) < 4.78 is 40.7. The van der Waals surface area contributed by atoms with Crippen LogP contribution in [0.25, 0.3) is 0 Å². The Labute approximate surface area is 105 Å². The molecule has 1 unspecified atom stereocenters. The molecule has 0 amide bonds. The van der Waals surface area contributed by atoms with Gasteiger partial charge in [-0.1, -0.05) is 29.8 Å². The van der Waals surface area contributed by atoms with Crippen molar-refractivity contribution in [2.75, 3.05) is 13.2 Å². The van der Waals surface area contributed by atoms with Gasteiger partial charge in [0.2, 0.25) is 0 Å². The second-order valence-corrected chi connectivity index (χ2v) is 4.31. The minimum atomic E-state index is -4.11. The highest BCUT2D eigenvalue weighted by atomic mass is 19.4. The molecule has 5 heteroatoms. The van der Waals surface area contributed by atoms with E-state index in [1.807, 2.05) is 31.2 Å². The minimum absolute atomic E-state index is 0.0237. The van der Waals surface area contributed by atoms with E-state index in [1.54, 1.807) is 0 Å². The van der Waals surface area contributed by atoms with Crippen LogP contribution in [0.2, 0.25) is 0 Å². The molecule has 0 aliphatic heterocycles. The predicted octanol–water partition coefficient (Wildman–Crippen LogP) is 3.35. The fourth-order valence-corrected chi connectivity index (χ4v) is 1.49. The highest BCUT2D eigenvalue weighted by Crippen LogP contribution is 2.21. The van der Waals surface area contributed by atoms with Crippen molar-refractivity contribution >= 4 is 0 Å². The molecule has 0 fully saturated rings. The number of benzene rings is 1. The first-order chi connectivity index (χ1) is 8.38. The van der Waals surface area contributed by atoms with Crippen molar-refractivity contribution in [3.8, 4) is 0 Å². The van der Waals surface area contributed by atoms with Crippen molar-refractivity contribution in [2.24, 2.45) is 5.73 Å². The van der Waals surface area contributed by atoms with E-state index >= 15 is 0 Å². The Morgan fingerprint density at radius 1 is 1.22 bits per heavy atom. The van der Waals surface area contributed by atoms with Crippen LogP contribution in [-0.4, -0.2) is 19.4 Å². The van der Waals surface area contributed by atoms with Crippen molar-refractivity contribution in [3.63, 3.8) is 0 Å². The summed E-state index contributed by atoms with van der Waals surface area (Å²) in [6.07, 6.45) is -4.95. The van der Waals surface area contributed by atoms with Crippen LogP contribution >= 0.6 is 0 Å². The van der Waals surface area contributed by atoms with Gasteiger partial charge in [-0.05, 0) is 18.9 Å². The highest BCUT2D eigenvalue weighted by molar-refractivity contribution is 5.23. The van der Waals surface area contributed by atoms with E-state index in [4.69, 9.17) is 10.5 Å². The number of hydrogen-bond donors (Lipinski definition) is 1. The number of hydrogen-bond acceptors (Lipinski definition) is 2. The Morgan fingerprint density at radius 3 is 2.39 bits per heavy atom. The normalized spacial score (nSPS) is 13.6. The molecule has 0 aromatic heterocycles. The number of halogens is 3. The van der Waals surface area contributed by atoms with Gasteiger partial charge in [-0.25, -0.2) is 0 Å². The van der Waals surface area contributed by atoms with E-state index in [-0.39, 0.29) is 25.7 Å². The summed E-state index contributed by atoms with van der Waals surface area (Å²) in [5.74, 6) is 0. The molecule has 2 N–H and O–H groups in total. The summed E-state index contributed by atoms with van der Waals surface area (Å²) in [5, 5.41) is 0. The maximum absolute atomic E-state index is 11.9. The Morgan fingerprint density at radius 2 is 1.83 bits per heavy atom. The summed E-state index contributed by atoms with van der Waals surface area (Å²) >= 11 is 0. The lowest BCUT2D eigenvalue weighted by molar-refractivity contribution is -0.137. The van der Waals surface area contributed by atoms with E-state index in [2.05, 4.69) is 0 Å². The van der Waals surface area contributed by atoms with E-state index < -0.39 is 12.6 Å². The van der Waals surface area contributed by atoms with Crippen molar-refractivity contribution < 1.29 is 17.9 Å². The molecule has 0 spiro atoms. The van der Waals surface area contributed by atoms with Gasteiger partial charge in [0, 0.05) is 13.0 Å². The first kappa shape index (κ1) is 15.0. The van der Waals surface area contributed by atoms with Crippen LogP contribution in [0.5, 0.6) is 0 Å². The van der Waals surface area contributed by atoms with Gasteiger partial charge in [0.1, 0.15) is 0 Å². The van der Waals surface area contributed by atoms with Crippen molar-refractivity contribution in [1.82, 2.24) is 0 Å². The van der Waals surface area contributed by atoms with Gasteiger partial charge in [0.25, 0.3) is 0 Å². The molecule has 0 aliphatic carbocycles. The van der Waals surface area contributed by atoms with Crippen molar-refractivity contribution in [3.05, 3.63) is 35.4 Å². The molecule has 2 nitrogen and oxygen atoms in total. The van der Waals surface area contributed by atoms with Crippen LogP contribution < -0.4 is 5.73 Å². The third-order valence-corrected chi connectivity index (χ3v) is 2.55. The van der Waals surface area contributed by atoms with Gasteiger partial charge >= 0.3 is 6.18 Å². The average Bonchev–Trinajstić information content (AvgIpc) is 2.27. The van der Waals surface area contributed by atoms with Crippen molar-refractivity contribution in [2.45, 2.75) is 32.0 Å². The van der Waals surface area contributed by atoms with Crippen LogP contribution in [0.15, 0.2) is 24.3 Å². The number of nitrogens with two attached hydrogens (primary N) is 1. The molecular formula is C13H18F3NO. The molecule has 1 rings (SSSR count). The van der Waals surface area contributed by atoms with Gasteiger partial charge in [0.05, 0.1) is 12.6 Å². The van der Waals surface area contributed by atoms with Crippen LogP contribution in [0.3, 0.4) is 0 Å². The largest absolute Gasteiger partial charge is 0.389 e. The zero-order valence-corrected chi connectivity index (χ0v) is 10.3. The zero-order valence-electron chi connectivity index (χ0n) is 10.3. The third kappa shape index (κ3) is 6.02. The van der Waals surface area contributed by atoms with Gasteiger partial charge in [-0.15, -0.1) is 0 Å². The molecule has 0 radical (unpaired) electrons. The second-order valence-electron chi connectivity index (χ2n) is 4.31. The Balaban J connectivity index is 2.21. The quantitative estimate of drug-likeness (QED) is 0.797. The molecule has 0 saturated carbocycles. The number of alkyl halides is 3. The van der Waals surface area contributed by atoms with Gasteiger partial charge in [-0.2, -0.15) is 13.2 Å². The smallest absolute Gasteiger partial charge is 0.379 e. The predicted molar refractivity (Wildman–Crippen MR) is 64.2 cm³/mol. The molecular weight excluding hydrogens is 243 g/mol.